The van der Waals surface area contributed by atoms with E-state index >= 15 is 0 Å². The number of alkyl halides is 3. The van der Waals surface area contributed by atoms with Crippen molar-refractivity contribution in [2.45, 2.75) is 88.1 Å². The minimum absolute atomic E-state index is 0.00546. The second kappa shape index (κ2) is 22.3. The fourth-order valence-electron chi connectivity index (χ4n) is 8.96. The number of ether oxygens (including phenoxy) is 1. The highest BCUT2D eigenvalue weighted by molar-refractivity contribution is 7.89. The van der Waals surface area contributed by atoms with Gasteiger partial charge in [0.05, 0.1) is 16.8 Å². The minimum atomic E-state index is -5.08. The van der Waals surface area contributed by atoms with Crippen molar-refractivity contribution in [1.82, 2.24) is 34.2 Å². The Morgan fingerprint density at radius 1 is 0.889 bits per heavy atom. The number of carbonyl (C=O) groups is 5. The molecule has 3 aromatic rings. The predicted octanol–water partition coefficient (Wildman–Crippen LogP) is 4.27. The third-order valence-corrected chi connectivity index (χ3v) is 15.5. The van der Waals surface area contributed by atoms with Crippen molar-refractivity contribution in [2.75, 3.05) is 72.0 Å². The van der Waals surface area contributed by atoms with Crippen molar-refractivity contribution < 1.29 is 55.4 Å². The SMILES string of the molecule is Cc1cc(C)c2cccc(OCc3c(Cl)ccc(S(=O)(=O)NC4(C(=O)N5CCN(C(=O)C(N)CCCCN)CC5)CCCC4)c3Cl)c2n1.O=C(O)C(F)(F)F.O=C1C=C(N2CC2)C(=O)C(N2CC2)=C1N1CC1. The zero-order valence-electron chi connectivity index (χ0n) is 39.9. The van der Waals surface area contributed by atoms with Crippen LogP contribution in [0.2, 0.25) is 10.0 Å². The number of sulfonamides is 1. The summed E-state index contributed by atoms with van der Waals surface area (Å²) in [6.07, 6.45) is 0.662. The number of halogens is 5. The van der Waals surface area contributed by atoms with E-state index in [9.17, 15) is 40.8 Å². The van der Waals surface area contributed by atoms with Gasteiger partial charge in [-0.25, -0.2) is 18.2 Å². The first-order valence-corrected chi connectivity index (χ1v) is 25.9. The number of aryl methyl sites for hydroxylation is 2. The van der Waals surface area contributed by atoms with Crippen LogP contribution in [0.15, 0.2) is 64.5 Å². The number of rotatable bonds is 15. The highest BCUT2D eigenvalue weighted by Crippen LogP contribution is 2.38. The van der Waals surface area contributed by atoms with E-state index in [1.165, 1.54) is 18.2 Å². The van der Waals surface area contributed by atoms with Crippen LogP contribution in [0.1, 0.15) is 61.8 Å². The van der Waals surface area contributed by atoms with Gasteiger partial charge in [0.1, 0.15) is 39.7 Å². The number of benzene rings is 2. The van der Waals surface area contributed by atoms with Crippen LogP contribution in [0.5, 0.6) is 5.75 Å². The molecule has 390 valence electrons. The number of para-hydroxylation sites is 1. The number of piperazine rings is 1. The number of aromatic nitrogens is 1. The lowest BCUT2D eigenvalue weighted by Gasteiger charge is -2.40. The maximum Gasteiger partial charge on any atom is 0.490 e. The zero-order valence-corrected chi connectivity index (χ0v) is 42.2. The number of Topliss-reactive ketones (excluding diaryl/α,β-unsaturated/α-hetero) is 1. The molecule has 0 radical (unpaired) electrons. The molecule has 9 rings (SSSR count). The standard InChI is InChI=1S/C34H44Cl2N6O5S.C12H13N3O2.C2HF3O2/c1-22-20-23(2)39-31-24(22)8-7-10-28(31)47-21-25-26(35)11-12-29(30(25)36)48(45,46)40-34(13-4-5-14-34)33(44)42-18-16-41(17-19-42)32(43)27(38)9-3-6-15-37;16-9-7-8(13-1-2-13)12(17)11(15-5-6-15)10(9)14-3-4-14;3-2(4,5)1(6)7/h7-8,10-12,20,27,40H,3-6,9,13-19,21,37-38H2,1-2H3;7H,1-6H2;(H,6,7). The Kier molecular flexibility index (Phi) is 16.8. The van der Waals surface area contributed by atoms with Crippen LogP contribution >= 0.6 is 23.2 Å². The highest BCUT2D eigenvalue weighted by Gasteiger charge is 2.48. The molecule has 72 heavy (non-hydrogen) atoms. The second-order valence-electron chi connectivity index (χ2n) is 18.4. The number of allylic oxidation sites excluding steroid dienone is 1. The Hall–Kier alpha value is -5.52. The lowest BCUT2D eigenvalue weighted by atomic mass is 9.96. The lowest BCUT2D eigenvalue weighted by molar-refractivity contribution is -0.192. The number of pyridine rings is 1. The largest absolute Gasteiger partial charge is 0.490 e. The summed E-state index contributed by atoms with van der Waals surface area (Å²) in [4.78, 5) is 74.0. The number of fused-ring (bicyclic) bond motifs is 1. The average molecular weight is 1070 g/mol. The number of nitrogens with zero attached hydrogens (tertiary/aromatic N) is 6. The maximum absolute atomic E-state index is 14.0. The van der Waals surface area contributed by atoms with Gasteiger partial charge in [-0.1, -0.05) is 54.6 Å². The number of aliphatic carboxylic acids is 1. The summed E-state index contributed by atoms with van der Waals surface area (Å²) in [5, 5.41) is 8.24. The van der Waals surface area contributed by atoms with Crippen molar-refractivity contribution in [3.8, 4) is 5.75 Å². The average Bonchev–Trinajstić information content (AvgIpc) is 4.20. The van der Waals surface area contributed by atoms with Gasteiger partial charge < -0.3 is 45.8 Å². The first-order chi connectivity index (χ1) is 34.1. The Balaban J connectivity index is 0.000000256. The second-order valence-corrected chi connectivity index (χ2v) is 20.9. The van der Waals surface area contributed by atoms with Crippen LogP contribution in [-0.4, -0.2) is 162 Å². The molecule has 18 nitrogen and oxygen atoms in total. The number of carboxylic acid groups (broad SMARTS) is 1. The quantitative estimate of drug-likeness (QED) is 0.0945. The van der Waals surface area contributed by atoms with E-state index in [-0.39, 0.29) is 58.0 Å². The molecule has 0 spiro atoms. The van der Waals surface area contributed by atoms with Crippen LogP contribution < -0.4 is 20.9 Å². The van der Waals surface area contributed by atoms with Crippen LogP contribution in [-0.2, 0) is 40.6 Å². The van der Waals surface area contributed by atoms with E-state index in [4.69, 9.17) is 49.3 Å². The van der Waals surface area contributed by atoms with Gasteiger partial charge >= 0.3 is 12.1 Å². The number of amides is 2. The summed E-state index contributed by atoms with van der Waals surface area (Å²) < 4.78 is 68.6. The number of carbonyl (C=O) groups excluding carboxylic acids is 4. The number of nitrogens with two attached hydrogens (primary N) is 2. The molecule has 24 heteroatoms. The topological polar surface area (TPSA) is 241 Å². The molecular formula is C48H58Cl2F3N9O9S. The van der Waals surface area contributed by atoms with Gasteiger partial charge in [0.25, 0.3) is 0 Å². The van der Waals surface area contributed by atoms with Crippen molar-refractivity contribution in [3.05, 3.63) is 86.4 Å². The van der Waals surface area contributed by atoms with Gasteiger partial charge in [0, 0.05) is 93.2 Å². The fourth-order valence-corrected chi connectivity index (χ4v) is 11.3. The molecule has 1 unspecified atom stereocenters. The van der Waals surface area contributed by atoms with E-state index in [1.807, 2.05) is 46.7 Å². The number of hydrogen-bond donors (Lipinski definition) is 4. The molecule has 2 aromatic carbocycles. The monoisotopic (exact) mass is 1060 g/mol. The third kappa shape index (κ3) is 12.6. The molecule has 5 fully saturated rings. The number of carboxylic acids is 1. The Labute approximate surface area is 425 Å². The molecule has 1 atom stereocenters. The minimum Gasteiger partial charge on any atom is -0.487 e. The molecule has 2 aliphatic carbocycles. The molecule has 2 amide bonds. The van der Waals surface area contributed by atoms with Gasteiger partial charge in [-0.2, -0.15) is 17.9 Å². The van der Waals surface area contributed by atoms with Crippen LogP contribution in [0.25, 0.3) is 10.9 Å². The van der Waals surface area contributed by atoms with E-state index in [0.29, 0.717) is 85.7 Å². The van der Waals surface area contributed by atoms with Gasteiger partial charge in [0.2, 0.25) is 33.4 Å². The maximum atomic E-state index is 14.0. The molecule has 4 aliphatic heterocycles. The van der Waals surface area contributed by atoms with E-state index in [2.05, 4.69) is 9.71 Å². The number of nitrogens with one attached hydrogen (secondary N) is 1. The van der Waals surface area contributed by atoms with Crippen LogP contribution in [0.4, 0.5) is 13.2 Å². The van der Waals surface area contributed by atoms with Crippen molar-refractivity contribution in [3.63, 3.8) is 0 Å². The number of hydrogen-bond acceptors (Lipinski definition) is 14. The van der Waals surface area contributed by atoms with Crippen molar-refractivity contribution in [1.29, 1.82) is 0 Å². The first kappa shape index (κ1) is 54.3. The zero-order chi connectivity index (χ0) is 52.3. The molecule has 6 aliphatic rings. The van der Waals surface area contributed by atoms with Gasteiger partial charge in [-0.3, -0.25) is 19.2 Å². The van der Waals surface area contributed by atoms with Crippen LogP contribution in [0, 0.1) is 13.8 Å². The van der Waals surface area contributed by atoms with E-state index < -0.39 is 33.7 Å². The number of ketones is 2. The van der Waals surface area contributed by atoms with Crippen LogP contribution in [0.3, 0.4) is 0 Å². The Morgan fingerprint density at radius 3 is 2.07 bits per heavy atom. The fraction of sp³-hybridized carbons (Fsp3) is 0.500. The van der Waals surface area contributed by atoms with Gasteiger partial charge in [-0.05, 0) is 75.9 Å². The molecular weight excluding hydrogens is 1010 g/mol. The molecule has 1 saturated carbocycles. The van der Waals surface area contributed by atoms with Crippen molar-refractivity contribution >= 4 is 73.5 Å². The summed E-state index contributed by atoms with van der Waals surface area (Å²) in [5.74, 6) is -2.64. The van der Waals surface area contributed by atoms with Crippen molar-refractivity contribution in [2.24, 2.45) is 11.5 Å². The molecule has 5 heterocycles. The summed E-state index contributed by atoms with van der Waals surface area (Å²) in [6, 6.07) is 9.82. The molecule has 6 N–H and O–H groups in total. The number of unbranched alkanes of at least 4 members (excludes halogenated alkanes) is 1. The molecule has 0 bridgehead atoms. The van der Waals surface area contributed by atoms with E-state index in [0.717, 1.165) is 68.8 Å². The van der Waals surface area contributed by atoms with E-state index in [1.54, 1.807) is 15.9 Å². The highest BCUT2D eigenvalue weighted by atomic mass is 35.5. The predicted molar refractivity (Wildman–Crippen MR) is 261 cm³/mol. The summed E-state index contributed by atoms with van der Waals surface area (Å²) in [7, 11) is -4.28. The summed E-state index contributed by atoms with van der Waals surface area (Å²) in [6.45, 7) is 11.0. The first-order valence-electron chi connectivity index (χ1n) is 23.7. The lowest BCUT2D eigenvalue weighted by Crippen LogP contribution is -2.62. The Bertz CT molecular complexity index is 2790. The molecule has 4 saturated heterocycles. The summed E-state index contributed by atoms with van der Waals surface area (Å²) in [5.41, 5.74) is 15.1. The summed E-state index contributed by atoms with van der Waals surface area (Å²) >= 11 is 13.3. The smallest absolute Gasteiger partial charge is 0.487 e. The van der Waals surface area contributed by atoms with Gasteiger partial charge in [0.15, 0.2) is 0 Å². The molecule has 1 aromatic heterocycles. The third-order valence-electron chi connectivity index (χ3n) is 13.0. The van der Waals surface area contributed by atoms with Gasteiger partial charge in [-0.15, -0.1) is 0 Å². The normalized spacial score (nSPS) is 18.8. The Morgan fingerprint density at radius 2 is 1.49 bits per heavy atom.